The van der Waals surface area contributed by atoms with Crippen molar-refractivity contribution in [2.24, 2.45) is 0 Å². The van der Waals surface area contributed by atoms with Crippen LogP contribution in [0.15, 0.2) is 148 Å². The van der Waals surface area contributed by atoms with Gasteiger partial charge >= 0.3 is 0 Å². The quantitative estimate of drug-likeness (QED) is 0.179. The molecule has 12 aromatic rings. The Kier molecular flexibility index (Phi) is 8.10. The number of hydrogen-bond donors (Lipinski definition) is 1. The molecule has 0 saturated heterocycles. The van der Waals surface area contributed by atoms with E-state index in [1.807, 2.05) is 6.07 Å². The van der Waals surface area contributed by atoms with Crippen molar-refractivity contribution < 1.29 is 8.83 Å². The number of nitrogens with one attached hydrogen (secondary N) is 1. The number of para-hydroxylation sites is 2. The molecule has 2 aliphatic rings. The normalized spacial score (nSPS) is 15.2. The van der Waals surface area contributed by atoms with Crippen molar-refractivity contribution in [1.29, 1.82) is 0 Å². The number of anilines is 2. The lowest BCUT2D eigenvalue weighted by molar-refractivity contribution is 0.332. The average Bonchev–Trinajstić information content (AvgIpc) is 4.10. The number of aromatic nitrogens is 2. The van der Waals surface area contributed by atoms with Gasteiger partial charge in [-0.15, -0.1) is 11.3 Å². The Morgan fingerprint density at radius 2 is 1.35 bits per heavy atom. The Hall–Kier alpha value is -7.09. The molecule has 1 aliphatic heterocycles. The number of hydrogen-bond acceptors (Lipinski definition) is 5. The van der Waals surface area contributed by atoms with E-state index >= 15 is 0 Å². The molecule has 5 nitrogen and oxygen atoms in total. The second-order valence-electron chi connectivity index (χ2n) is 21.7. The Balaban J connectivity index is 1.15. The van der Waals surface area contributed by atoms with Crippen LogP contribution >= 0.6 is 11.3 Å². The van der Waals surface area contributed by atoms with E-state index in [-0.39, 0.29) is 16.2 Å². The van der Waals surface area contributed by atoms with Crippen LogP contribution in [0.5, 0.6) is 0 Å². The molecule has 8 aromatic carbocycles. The molecular weight excluding hydrogens is 850 g/mol. The third-order valence-electron chi connectivity index (χ3n) is 15.5. The SMILES string of the molecule is CC(C)(C)c1ccc(Nc2cc3oc4ccccc4c3cc2-c2c3c4c(c5cc6c(cc5n4-c4cc5sc(-c7ccccc7)nc5cc4[B]3)C(C)(C)CCC6(C)C)c3c2oc2ccccc23)cc1. The van der Waals surface area contributed by atoms with E-state index < -0.39 is 0 Å². The summed E-state index contributed by atoms with van der Waals surface area (Å²) in [5, 5.41) is 11.9. The van der Waals surface area contributed by atoms with Gasteiger partial charge in [0.25, 0.3) is 0 Å². The lowest BCUT2D eigenvalue weighted by Crippen LogP contribution is -2.37. The maximum atomic E-state index is 7.32. The maximum Gasteiger partial charge on any atom is 0.198 e. The van der Waals surface area contributed by atoms with Gasteiger partial charge in [0.1, 0.15) is 27.3 Å². The van der Waals surface area contributed by atoms with E-state index in [9.17, 15) is 0 Å². The predicted molar refractivity (Wildman–Crippen MR) is 288 cm³/mol. The van der Waals surface area contributed by atoms with Crippen LogP contribution in [0, 0.1) is 0 Å². The smallest absolute Gasteiger partial charge is 0.198 e. The summed E-state index contributed by atoms with van der Waals surface area (Å²) in [6.07, 6.45) is 2.28. The molecule has 329 valence electrons. The number of benzene rings is 8. The molecular formula is C61H49BN3O2S. The topological polar surface area (TPSA) is 56.1 Å². The third kappa shape index (κ3) is 5.72. The molecule has 1 aliphatic carbocycles. The minimum Gasteiger partial charge on any atom is -0.456 e. The first-order valence-electron chi connectivity index (χ1n) is 24.0. The highest BCUT2D eigenvalue weighted by molar-refractivity contribution is 7.21. The van der Waals surface area contributed by atoms with Gasteiger partial charge in [-0.25, -0.2) is 4.98 Å². The number of rotatable bonds is 4. The largest absolute Gasteiger partial charge is 0.456 e. The molecule has 1 N–H and O–H groups in total. The van der Waals surface area contributed by atoms with Crippen LogP contribution in [0.4, 0.5) is 11.4 Å². The van der Waals surface area contributed by atoms with Crippen molar-refractivity contribution in [2.75, 3.05) is 5.32 Å². The molecule has 14 rings (SSSR count). The highest BCUT2D eigenvalue weighted by Gasteiger charge is 2.40. The van der Waals surface area contributed by atoms with Crippen molar-refractivity contribution in [3.8, 4) is 27.4 Å². The van der Waals surface area contributed by atoms with Crippen molar-refractivity contribution >= 4 is 117 Å². The molecule has 68 heavy (non-hydrogen) atoms. The zero-order valence-electron chi connectivity index (χ0n) is 39.4. The van der Waals surface area contributed by atoms with E-state index in [2.05, 4.69) is 199 Å². The summed E-state index contributed by atoms with van der Waals surface area (Å²) in [4.78, 5) is 5.29. The van der Waals surface area contributed by atoms with Crippen LogP contribution in [0.2, 0.25) is 0 Å². The molecule has 5 heterocycles. The van der Waals surface area contributed by atoms with Crippen LogP contribution in [0.1, 0.15) is 78.0 Å². The van der Waals surface area contributed by atoms with Crippen LogP contribution in [0.3, 0.4) is 0 Å². The van der Waals surface area contributed by atoms with Gasteiger partial charge in [-0.2, -0.15) is 0 Å². The molecule has 4 aromatic heterocycles. The number of nitrogens with zero attached hydrogens (tertiary/aromatic N) is 2. The summed E-state index contributed by atoms with van der Waals surface area (Å²) in [7, 11) is 2.42. The van der Waals surface area contributed by atoms with Crippen molar-refractivity contribution in [2.45, 2.75) is 77.6 Å². The zero-order valence-corrected chi connectivity index (χ0v) is 40.2. The van der Waals surface area contributed by atoms with Gasteiger partial charge in [0.05, 0.1) is 21.4 Å². The van der Waals surface area contributed by atoms with Crippen molar-refractivity contribution in [1.82, 2.24) is 9.55 Å². The molecule has 1 radical (unpaired) electrons. The zero-order chi connectivity index (χ0) is 46.0. The molecule has 0 unspecified atom stereocenters. The van der Waals surface area contributed by atoms with E-state index in [1.54, 1.807) is 11.3 Å². The minimum atomic E-state index is 0.0195. The van der Waals surface area contributed by atoms with E-state index in [0.29, 0.717) is 0 Å². The summed E-state index contributed by atoms with van der Waals surface area (Å²) < 4.78 is 17.7. The van der Waals surface area contributed by atoms with Crippen LogP contribution in [-0.4, -0.2) is 16.8 Å². The maximum absolute atomic E-state index is 7.32. The van der Waals surface area contributed by atoms with Crippen molar-refractivity contribution in [3.05, 3.63) is 156 Å². The molecule has 0 bridgehead atoms. The van der Waals surface area contributed by atoms with Crippen LogP contribution in [0.25, 0.3) is 103 Å². The monoisotopic (exact) mass is 898 g/mol. The van der Waals surface area contributed by atoms with Gasteiger partial charge in [0.2, 0.25) is 0 Å². The van der Waals surface area contributed by atoms with E-state index in [0.717, 1.165) is 106 Å². The standard InChI is InChI=1S/C61H49BN3O2S/c1-59(2,3)34-21-23-35(24-22-34)63-44-31-50-38(36-17-11-13-19-48(36)66-50)27-39(44)54-55-56-52(53-37-18-12-14-20-49(37)67-57(53)54)40-28-41-42(61(6,7)26-25-60(41,4)5)29-46(40)65(56)47-32-51-45(30-43(47)62-55)64-58(68-51)33-15-9-8-10-16-33/h8-24,27-32,63H,25-26H2,1-7H3. The van der Waals surface area contributed by atoms with Gasteiger partial charge in [0.15, 0.2) is 7.28 Å². The fourth-order valence-electron chi connectivity index (χ4n) is 11.7. The number of thiazole rings is 1. The second-order valence-corrected chi connectivity index (χ2v) is 22.7. The van der Waals surface area contributed by atoms with Gasteiger partial charge in [0, 0.05) is 72.0 Å². The number of furan rings is 2. The fourth-order valence-corrected chi connectivity index (χ4v) is 12.6. The molecule has 0 atom stereocenters. The third-order valence-corrected chi connectivity index (χ3v) is 16.5. The molecule has 0 amide bonds. The molecule has 0 saturated carbocycles. The minimum absolute atomic E-state index is 0.0195. The summed E-state index contributed by atoms with van der Waals surface area (Å²) in [6.45, 7) is 16.5. The number of fused-ring (bicyclic) bond motifs is 14. The average molecular weight is 899 g/mol. The first kappa shape index (κ1) is 40.0. The van der Waals surface area contributed by atoms with E-state index in [1.165, 1.54) is 48.9 Å². The summed E-state index contributed by atoms with van der Waals surface area (Å²) in [5.74, 6) is 0. The Morgan fingerprint density at radius 3 is 2.10 bits per heavy atom. The van der Waals surface area contributed by atoms with Gasteiger partial charge in [-0.1, -0.05) is 133 Å². The first-order chi connectivity index (χ1) is 32.8. The first-order valence-corrected chi connectivity index (χ1v) is 24.8. The fraction of sp³-hybridized carbons (Fsp3) is 0.197. The van der Waals surface area contributed by atoms with Gasteiger partial charge < -0.3 is 18.7 Å². The summed E-state index contributed by atoms with van der Waals surface area (Å²) in [5.41, 5.74) is 19.7. The van der Waals surface area contributed by atoms with Gasteiger partial charge in [-0.3, -0.25) is 0 Å². The van der Waals surface area contributed by atoms with Crippen LogP contribution < -0.4 is 16.2 Å². The van der Waals surface area contributed by atoms with E-state index in [4.69, 9.17) is 13.8 Å². The lowest BCUT2D eigenvalue weighted by Gasteiger charge is -2.42. The summed E-state index contributed by atoms with van der Waals surface area (Å²) >= 11 is 1.77. The van der Waals surface area contributed by atoms with Gasteiger partial charge in [-0.05, 0) is 106 Å². The Bertz CT molecular complexity index is 4120. The Morgan fingerprint density at radius 1 is 0.662 bits per heavy atom. The molecule has 7 heteroatoms. The molecule has 0 fully saturated rings. The predicted octanol–water partition coefficient (Wildman–Crippen LogP) is 15.9. The highest BCUT2D eigenvalue weighted by atomic mass is 32.1. The molecule has 0 spiro atoms. The second kappa shape index (κ2) is 13.8. The Labute approximate surface area is 399 Å². The van der Waals surface area contributed by atoms with Crippen LogP contribution in [-0.2, 0) is 16.2 Å². The lowest BCUT2D eigenvalue weighted by atomic mass is 9.58. The summed E-state index contributed by atoms with van der Waals surface area (Å²) in [6, 6.07) is 50.8. The highest BCUT2D eigenvalue weighted by Crippen LogP contribution is 2.52. The van der Waals surface area contributed by atoms with Crippen molar-refractivity contribution in [3.63, 3.8) is 0 Å².